The molecular formula is C14H11BrN2O2. The van der Waals surface area contributed by atoms with Gasteiger partial charge in [0.1, 0.15) is 0 Å². The van der Waals surface area contributed by atoms with Gasteiger partial charge in [0.2, 0.25) is 11.8 Å². The van der Waals surface area contributed by atoms with Gasteiger partial charge in [-0.05, 0) is 29.8 Å². The van der Waals surface area contributed by atoms with Gasteiger partial charge in [0.25, 0.3) is 0 Å². The summed E-state index contributed by atoms with van der Waals surface area (Å²) in [6.45, 7) is 0. The van der Waals surface area contributed by atoms with Crippen molar-refractivity contribution >= 4 is 27.7 Å². The van der Waals surface area contributed by atoms with Crippen molar-refractivity contribution in [3.05, 3.63) is 58.1 Å². The zero-order valence-corrected chi connectivity index (χ0v) is 11.5. The second-order valence-electron chi connectivity index (χ2n) is 3.97. The van der Waals surface area contributed by atoms with Crippen molar-refractivity contribution in [1.82, 2.24) is 0 Å². The summed E-state index contributed by atoms with van der Waals surface area (Å²) in [6.07, 6.45) is 0. The lowest BCUT2D eigenvalue weighted by atomic mass is 9.93. The van der Waals surface area contributed by atoms with Crippen molar-refractivity contribution in [2.24, 2.45) is 11.5 Å². The highest BCUT2D eigenvalue weighted by atomic mass is 79.9. The van der Waals surface area contributed by atoms with Gasteiger partial charge in [-0.3, -0.25) is 9.59 Å². The lowest BCUT2D eigenvalue weighted by Crippen LogP contribution is -2.18. The van der Waals surface area contributed by atoms with Crippen LogP contribution in [0.2, 0.25) is 0 Å². The number of halogens is 1. The number of carbonyl (C=O) groups excluding carboxylic acids is 2. The Hall–Kier alpha value is -2.14. The summed E-state index contributed by atoms with van der Waals surface area (Å²) in [6, 6.07) is 12.0. The van der Waals surface area contributed by atoms with Crippen LogP contribution in [-0.4, -0.2) is 11.8 Å². The molecule has 2 aromatic rings. The molecule has 0 saturated carbocycles. The maximum absolute atomic E-state index is 11.5. The number of rotatable bonds is 3. The van der Waals surface area contributed by atoms with E-state index in [1.807, 2.05) is 12.1 Å². The van der Waals surface area contributed by atoms with Crippen molar-refractivity contribution in [3.8, 4) is 11.1 Å². The summed E-state index contributed by atoms with van der Waals surface area (Å²) in [4.78, 5) is 23.0. The van der Waals surface area contributed by atoms with Crippen LogP contribution in [0.1, 0.15) is 20.7 Å². The van der Waals surface area contributed by atoms with E-state index in [0.29, 0.717) is 11.1 Å². The van der Waals surface area contributed by atoms with Crippen LogP contribution < -0.4 is 11.5 Å². The first-order chi connectivity index (χ1) is 9.00. The van der Waals surface area contributed by atoms with E-state index in [1.165, 1.54) is 0 Å². The molecule has 0 spiro atoms. The van der Waals surface area contributed by atoms with Crippen molar-refractivity contribution in [3.63, 3.8) is 0 Å². The highest BCUT2D eigenvalue weighted by Crippen LogP contribution is 2.29. The standard InChI is InChI=1S/C14H11BrN2O2/c15-9-4-1-3-8(7-9)12-10(13(16)18)5-2-6-11(12)14(17)19/h1-7H,(H2,16,18)(H2,17,19). The van der Waals surface area contributed by atoms with Crippen LogP contribution in [0.15, 0.2) is 46.9 Å². The maximum Gasteiger partial charge on any atom is 0.249 e. The number of hydrogen-bond acceptors (Lipinski definition) is 2. The number of benzene rings is 2. The van der Waals surface area contributed by atoms with Crippen molar-refractivity contribution in [2.45, 2.75) is 0 Å². The number of hydrogen-bond donors (Lipinski definition) is 2. The van der Waals surface area contributed by atoms with Crippen LogP contribution in [0.4, 0.5) is 0 Å². The SMILES string of the molecule is NC(=O)c1cccc(C(N)=O)c1-c1cccc(Br)c1. The molecule has 5 heteroatoms. The predicted molar refractivity (Wildman–Crippen MR) is 76.6 cm³/mol. The molecule has 0 aliphatic rings. The van der Waals surface area contributed by atoms with Gasteiger partial charge >= 0.3 is 0 Å². The second-order valence-corrected chi connectivity index (χ2v) is 4.88. The molecule has 96 valence electrons. The zero-order chi connectivity index (χ0) is 14.0. The normalized spacial score (nSPS) is 10.2. The minimum Gasteiger partial charge on any atom is -0.366 e. The molecule has 0 aromatic heterocycles. The molecule has 0 heterocycles. The van der Waals surface area contributed by atoms with Crippen molar-refractivity contribution in [2.75, 3.05) is 0 Å². The minimum atomic E-state index is -0.599. The molecule has 19 heavy (non-hydrogen) atoms. The molecule has 2 rings (SSSR count). The summed E-state index contributed by atoms with van der Waals surface area (Å²) < 4.78 is 0.833. The van der Waals surface area contributed by atoms with E-state index in [-0.39, 0.29) is 11.1 Å². The smallest absolute Gasteiger partial charge is 0.249 e. The zero-order valence-electron chi connectivity index (χ0n) is 9.89. The second kappa shape index (κ2) is 5.24. The molecule has 0 unspecified atom stereocenters. The average Bonchev–Trinajstić information content (AvgIpc) is 2.37. The quantitative estimate of drug-likeness (QED) is 0.909. The molecule has 2 aromatic carbocycles. The van der Waals surface area contributed by atoms with E-state index in [2.05, 4.69) is 15.9 Å². The lowest BCUT2D eigenvalue weighted by molar-refractivity contribution is 0.0999. The van der Waals surface area contributed by atoms with Gasteiger partial charge in [-0.1, -0.05) is 34.1 Å². The molecular weight excluding hydrogens is 308 g/mol. The van der Waals surface area contributed by atoms with Crippen LogP contribution in [-0.2, 0) is 0 Å². The summed E-state index contributed by atoms with van der Waals surface area (Å²) in [5, 5.41) is 0. The van der Waals surface area contributed by atoms with Crippen LogP contribution in [0.5, 0.6) is 0 Å². The average molecular weight is 319 g/mol. The molecule has 0 atom stereocenters. The van der Waals surface area contributed by atoms with Gasteiger partial charge in [0.15, 0.2) is 0 Å². The molecule has 0 radical (unpaired) electrons. The van der Waals surface area contributed by atoms with Crippen molar-refractivity contribution < 1.29 is 9.59 Å². The highest BCUT2D eigenvalue weighted by molar-refractivity contribution is 9.10. The molecule has 0 aliphatic carbocycles. The Morgan fingerprint density at radius 3 is 1.89 bits per heavy atom. The summed E-state index contributed by atoms with van der Waals surface area (Å²) in [5.74, 6) is -1.20. The van der Waals surface area contributed by atoms with E-state index in [0.717, 1.165) is 4.47 Å². The fraction of sp³-hybridized carbons (Fsp3) is 0. The van der Waals surface area contributed by atoms with E-state index < -0.39 is 11.8 Å². The van der Waals surface area contributed by atoms with Gasteiger partial charge in [-0.25, -0.2) is 0 Å². The fourth-order valence-electron chi connectivity index (χ4n) is 1.92. The van der Waals surface area contributed by atoms with E-state index in [1.54, 1.807) is 30.3 Å². The summed E-state index contributed by atoms with van der Waals surface area (Å²) >= 11 is 3.35. The van der Waals surface area contributed by atoms with Gasteiger partial charge in [-0.15, -0.1) is 0 Å². The molecule has 0 fully saturated rings. The molecule has 0 aliphatic heterocycles. The Labute approximate surface area is 118 Å². The maximum atomic E-state index is 11.5. The first-order valence-electron chi connectivity index (χ1n) is 5.49. The van der Waals surface area contributed by atoms with Crippen LogP contribution in [0, 0.1) is 0 Å². The van der Waals surface area contributed by atoms with Gasteiger partial charge in [0.05, 0.1) is 0 Å². The first-order valence-corrected chi connectivity index (χ1v) is 6.28. The topological polar surface area (TPSA) is 86.2 Å². The Balaban J connectivity index is 2.79. The Bertz CT molecular complexity index is 636. The molecule has 4 nitrogen and oxygen atoms in total. The van der Waals surface area contributed by atoms with E-state index in [9.17, 15) is 9.59 Å². The van der Waals surface area contributed by atoms with E-state index >= 15 is 0 Å². The van der Waals surface area contributed by atoms with Gasteiger partial charge in [0, 0.05) is 21.2 Å². The molecule has 4 N–H and O–H groups in total. The summed E-state index contributed by atoms with van der Waals surface area (Å²) in [7, 11) is 0. The lowest BCUT2D eigenvalue weighted by Gasteiger charge is -2.11. The Kier molecular flexibility index (Phi) is 3.66. The third-order valence-corrected chi connectivity index (χ3v) is 3.20. The number of primary amides is 2. The summed E-state index contributed by atoms with van der Waals surface area (Å²) in [5.41, 5.74) is 12.4. The number of amides is 2. The van der Waals surface area contributed by atoms with Gasteiger partial charge in [-0.2, -0.15) is 0 Å². The van der Waals surface area contributed by atoms with Crippen LogP contribution >= 0.6 is 15.9 Å². The van der Waals surface area contributed by atoms with Gasteiger partial charge < -0.3 is 11.5 Å². The van der Waals surface area contributed by atoms with Crippen LogP contribution in [0.3, 0.4) is 0 Å². The molecule has 0 bridgehead atoms. The molecule has 0 saturated heterocycles. The third-order valence-electron chi connectivity index (χ3n) is 2.71. The minimum absolute atomic E-state index is 0.273. The predicted octanol–water partition coefficient (Wildman–Crippen LogP) is 2.31. The monoisotopic (exact) mass is 318 g/mol. The Morgan fingerprint density at radius 1 is 0.895 bits per heavy atom. The highest BCUT2D eigenvalue weighted by Gasteiger charge is 2.17. The van der Waals surface area contributed by atoms with Crippen molar-refractivity contribution in [1.29, 1.82) is 0 Å². The third kappa shape index (κ3) is 2.66. The largest absolute Gasteiger partial charge is 0.366 e. The number of nitrogens with two attached hydrogens (primary N) is 2. The fourth-order valence-corrected chi connectivity index (χ4v) is 2.32. The number of carbonyl (C=O) groups is 2. The van der Waals surface area contributed by atoms with Crippen LogP contribution in [0.25, 0.3) is 11.1 Å². The first kappa shape index (κ1) is 13.3. The van der Waals surface area contributed by atoms with E-state index in [4.69, 9.17) is 11.5 Å². The molecule has 2 amide bonds. The Morgan fingerprint density at radius 2 is 1.42 bits per heavy atom.